The summed E-state index contributed by atoms with van der Waals surface area (Å²) in [4.78, 5) is 24.9. The van der Waals surface area contributed by atoms with E-state index < -0.39 is 0 Å². The van der Waals surface area contributed by atoms with Gasteiger partial charge in [-0.15, -0.1) is 0 Å². The number of fused-ring (bicyclic) bond motifs is 1. The summed E-state index contributed by atoms with van der Waals surface area (Å²) < 4.78 is 0. The molecule has 0 unspecified atom stereocenters. The SMILES string of the molecule is O=C1c2ccccc2C(=O)N1CCCCO. The zero-order valence-electron chi connectivity index (χ0n) is 8.85. The Hall–Kier alpha value is -1.68. The predicted octanol–water partition coefficient (Wildman–Crippen LogP) is 1.06. The number of imide groups is 1. The molecular weight excluding hydrogens is 206 g/mol. The molecule has 0 spiro atoms. The molecule has 0 saturated carbocycles. The molecule has 0 aliphatic carbocycles. The molecule has 0 fully saturated rings. The van der Waals surface area contributed by atoms with Gasteiger partial charge in [-0.3, -0.25) is 14.5 Å². The fourth-order valence-corrected chi connectivity index (χ4v) is 1.82. The minimum absolute atomic E-state index is 0.0865. The van der Waals surface area contributed by atoms with Crippen molar-refractivity contribution in [1.29, 1.82) is 0 Å². The second-order valence-corrected chi connectivity index (χ2v) is 3.74. The topological polar surface area (TPSA) is 57.6 Å². The second-order valence-electron chi connectivity index (χ2n) is 3.74. The first-order valence-corrected chi connectivity index (χ1v) is 5.32. The average Bonchev–Trinajstić information content (AvgIpc) is 2.55. The van der Waals surface area contributed by atoms with Crippen LogP contribution in [-0.4, -0.2) is 35.0 Å². The standard InChI is InChI=1S/C12H13NO3/c14-8-4-3-7-13-11(15)9-5-1-2-6-10(9)12(13)16/h1-2,5-6,14H,3-4,7-8H2. The molecule has 0 saturated heterocycles. The van der Waals surface area contributed by atoms with E-state index in [0.29, 0.717) is 30.5 Å². The highest BCUT2D eigenvalue weighted by atomic mass is 16.3. The monoisotopic (exact) mass is 219 g/mol. The Bertz CT molecular complexity index is 393. The maximum absolute atomic E-state index is 11.8. The van der Waals surface area contributed by atoms with E-state index in [1.165, 1.54) is 4.90 Å². The van der Waals surface area contributed by atoms with E-state index in [4.69, 9.17) is 5.11 Å². The van der Waals surface area contributed by atoms with E-state index in [1.54, 1.807) is 24.3 Å². The second kappa shape index (κ2) is 4.45. The molecular formula is C12H13NO3. The van der Waals surface area contributed by atoms with E-state index in [9.17, 15) is 9.59 Å². The summed E-state index contributed by atoms with van der Waals surface area (Å²) in [6, 6.07) is 6.84. The van der Waals surface area contributed by atoms with Crippen molar-refractivity contribution in [3.8, 4) is 0 Å². The van der Waals surface area contributed by atoms with Gasteiger partial charge in [0, 0.05) is 13.2 Å². The lowest BCUT2D eigenvalue weighted by Crippen LogP contribution is -2.30. The van der Waals surface area contributed by atoms with E-state index in [-0.39, 0.29) is 18.4 Å². The fraction of sp³-hybridized carbons (Fsp3) is 0.333. The Morgan fingerprint density at radius 3 is 2.06 bits per heavy atom. The van der Waals surface area contributed by atoms with Gasteiger partial charge < -0.3 is 5.11 Å². The van der Waals surface area contributed by atoms with Crippen LogP contribution in [0.4, 0.5) is 0 Å². The Morgan fingerprint density at radius 1 is 1.00 bits per heavy atom. The highest BCUT2D eigenvalue weighted by Crippen LogP contribution is 2.22. The summed E-state index contributed by atoms with van der Waals surface area (Å²) in [6.45, 7) is 0.468. The molecule has 2 rings (SSSR count). The molecule has 84 valence electrons. The number of aliphatic hydroxyl groups excluding tert-OH is 1. The van der Waals surface area contributed by atoms with Crippen LogP contribution in [0.15, 0.2) is 24.3 Å². The van der Waals surface area contributed by atoms with Crippen LogP contribution < -0.4 is 0 Å². The van der Waals surface area contributed by atoms with Crippen molar-refractivity contribution in [2.24, 2.45) is 0 Å². The number of amides is 2. The maximum Gasteiger partial charge on any atom is 0.261 e. The maximum atomic E-state index is 11.8. The van der Waals surface area contributed by atoms with Crippen molar-refractivity contribution in [2.75, 3.05) is 13.2 Å². The molecule has 1 aromatic rings. The molecule has 0 radical (unpaired) electrons. The van der Waals surface area contributed by atoms with Crippen molar-refractivity contribution in [3.05, 3.63) is 35.4 Å². The van der Waals surface area contributed by atoms with Gasteiger partial charge in [-0.1, -0.05) is 12.1 Å². The van der Waals surface area contributed by atoms with Gasteiger partial charge in [-0.25, -0.2) is 0 Å². The lowest BCUT2D eigenvalue weighted by Gasteiger charge is -2.12. The quantitative estimate of drug-likeness (QED) is 0.608. The summed E-state index contributed by atoms with van der Waals surface area (Å²) in [5.41, 5.74) is 0.966. The van der Waals surface area contributed by atoms with E-state index in [0.717, 1.165) is 0 Å². The smallest absolute Gasteiger partial charge is 0.261 e. The predicted molar refractivity (Wildman–Crippen MR) is 58.1 cm³/mol. The third-order valence-corrected chi connectivity index (χ3v) is 2.67. The molecule has 0 atom stereocenters. The minimum atomic E-state index is -0.224. The van der Waals surface area contributed by atoms with Crippen LogP contribution in [0.5, 0.6) is 0 Å². The third kappa shape index (κ3) is 1.72. The molecule has 0 bridgehead atoms. The van der Waals surface area contributed by atoms with Gasteiger partial charge in [0.05, 0.1) is 11.1 Å². The molecule has 1 N–H and O–H groups in total. The number of unbranched alkanes of at least 4 members (excludes halogenated alkanes) is 1. The molecule has 0 aromatic heterocycles. The van der Waals surface area contributed by atoms with Gasteiger partial charge >= 0.3 is 0 Å². The highest BCUT2D eigenvalue weighted by Gasteiger charge is 2.34. The highest BCUT2D eigenvalue weighted by molar-refractivity contribution is 6.21. The Labute approximate surface area is 93.5 Å². The van der Waals surface area contributed by atoms with Crippen LogP contribution in [0.1, 0.15) is 33.6 Å². The van der Waals surface area contributed by atoms with Crippen LogP contribution in [0, 0.1) is 0 Å². The largest absolute Gasteiger partial charge is 0.396 e. The first kappa shape index (κ1) is 10.8. The normalized spacial score (nSPS) is 14.4. The Balaban J connectivity index is 2.15. The van der Waals surface area contributed by atoms with Crippen molar-refractivity contribution in [3.63, 3.8) is 0 Å². The van der Waals surface area contributed by atoms with Crippen molar-refractivity contribution in [1.82, 2.24) is 4.90 Å². The minimum Gasteiger partial charge on any atom is -0.396 e. The average molecular weight is 219 g/mol. The van der Waals surface area contributed by atoms with E-state index >= 15 is 0 Å². The van der Waals surface area contributed by atoms with Crippen LogP contribution in [0.25, 0.3) is 0 Å². The van der Waals surface area contributed by atoms with Crippen molar-refractivity contribution >= 4 is 11.8 Å². The van der Waals surface area contributed by atoms with Gasteiger partial charge in [0.1, 0.15) is 0 Å². The molecule has 2 amide bonds. The number of carbonyl (C=O) groups is 2. The lowest BCUT2D eigenvalue weighted by atomic mass is 10.1. The number of nitrogens with zero attached hydrogens (tertiary/aromatic N) is 1. The third-order valence-electron chi connectivity index (χ3n) is 2.67. The molecule has 16 heavy (non-hydrogen) atoms. The number of hydrogen-bond donors (Lipinski definition) is 1. The number of aliphatic hydroxyl groups is 1. The molecule has 1 aliphatic rings. The van der Waals surface area contributed by atoms with Gasteiger partial charge in [0.2, 0.25) is 0 Å². The van der Waals surface area contributed by atoms with E-state index in [1.807, 2.05) is 0 Å². The first-order chi connectivity index (χ1) is 7.75. The van der Waals surface area contributed by atoms with Crippen molar-refractivity contribution in [2.45, 2.75) is 12.8 Å². The zero-order valence-corrected chi connectivity index (χ0v) is 8.85. The van der Waals surface area contributed by atoms with Gasteiger partial charge in [0.15, 0.2) is 0 Å². The van der Waals surface area contributed by atoms with Crippen LogP contribution in [0.2, 0.25) is 0 Å². The van der Waals surface area contributed by atoms with Gasteiger partial charge in [-0.2, -0.15) is 0 Å². The van der Waals surface area contributed by atoms with Gasteiger partial charge in [-0.05, 0) is 25.0 Å². The van der Waals surface area contributed by atoms with Crippen molar-refractivity contribution < 1.29 is 14.7 Å². The first-order valence-electron chi connectivity index (χ1n) is 5.32. The summed E-state index contributed by atoms with van der Waals surface area (Å²) in [5, 5.41) is 8.66. The zero-order chi connectivity index (χ0) is 11.5. The molecule has 1 heterocycles. The van der Waals surface area contributed by atoms with Gasteiger partial charge in [0.25, 0.3) is 11.8 Å². The van der Waals surface area contributed by atoms with Crippen LogP contribution >= 0.6 is 0 Å². The summed E-state index contributed by atoms with van der Waals surface area (Å²) in [6.07, 6.45) is 1.25. The van der Waals surface area contributed by atoms with Crippen LogP contribution in [0.3, 0.4) is 0 Å². The molecule has 4 nitrogen and oxygen atoms in total. The number of benzene rings is 1. The molecule has 4 heteroatoms. The van der Waals surface area contributed by atoms with E-state index in [2.05, 4.69) is 0 Å². The Kier molecular flexibility index (Phi) is 3.01. The summed E-state index contributed by atoms with van der Waals surface area (Å²) in [5.74, 6) is -0.447. The Morgan fingerprint density at radius 2 is 1.56 bits per heavy atom. The summed E-state index contributed by atoms with van der Waals surface area (Å²) in [7, 11) is 0. The fourth-order valence-electron chi connectivity index (χ4n) is 1.82. The van der Waals surface area contributed by atoms with Crippen LogP contribution in [-0.2, 0) is 0 Å². The number of rotatable bonds is 4. The number of carbonyl (C=O) groups excluding carboxylic acids is 2. The molecule has 1 aliphatic heterocycles. The number of hydrogen-bond acceptors (Lipinski definition) is 3. The molecule has 1 aromatic carbocycles. The summed E-state index contributed by atoms with van der Waals surface area (Å²) >= 11 is 0. The lowest BCUT2D eigenvalue weighted by molar-refractivity contribution is 0.0649.